The summed E-state index contributed by atoms with van der Waals surface area (Å²) in [5.41, 5.74) is 1.35. The maximum Gasteiger partial charge on any atom is 0.0701 e. The van der Waals surface area contributed by atoms with Crippen LogP contribution in [0.2, 0.25) is 0 Å². The van der Waals surface area contributed by atoms with Gasteiger partial charge in [0.1, 0.15) is 0 Å². The lowest BCUT2D eigenvalue weighted by Crippen LogP contribution is -2.23. The summed E-state index contributed by atoms with van der Waals surface area (Å²) in [4.78, 5) is 1.41. The maximum atomic E-state index is 3.64. The predicted molar refractivity (Wildman–Crippen MR) is 90.9 cm³/mol. The molecule has 0 spiro atoms. The molecule has 102 valence electrons. The number of thiophene rings is 1. The first-order chi connectivity index (χ1) is 9.19. The highest BCUT2D eigenvalue weighted by Crippen LogP contribution is 2.27. The topological polar surface area (TPSA) is 12.0 Å². The van der Waals surface area contributed by atoms with Crippen molar-refractivity contribution in [3.63, 3.8) is 0 Å². The van der Waals surface area contributed by atoms with Crippen LogP contribution in [0.3, 0.4) is 0 Å². The van der Waals surface area contributed by atoms with Gasteiger partial charge in [0.25, 0.3) is 0 Å². The Bertz CT molecular complexity index is 507. The van der Waals surface area contributed by atoms with E-state index in [0.717, 1.165) is 23.9 Å². The van der Waals surface area contributed by atoms with E-state index in [0.29, 0.717) is 6.04 Å². The number of nitrogens with one attached hydrogen (secondary N) is 1. The molecule has 2 aromatic rings. The summed E-state index contributed by atoms with van der Waals surface area (Å²) in [7, 11) is 0. The normalized spacial score (nSPS) is 12.6. The van der Waals surface area contributed by atoms with E-state index in [1.165, 1.54) is 14.2 Å². The number of hydrogen-bond donors (Lipinski definition) is 1. The van der Waals surface area contributed by atoms with Gasteiger partial charge in [-0.05, 0) is 58.7 Å². The van der Waals surface area contributed by atoms with E-state index in [2.05, 4.69) is 80.5 Å². The van der Waals surface area contributed by atoms with Gasteiger partial charge in [0.15, 0.2) is 0 Å². The van der Waals surface area contributed by atoms with Gasteiger partial charge in [0, 0.05) is 21.8 Å². The van der Waals surface area contributed by atoms with Gasteiger partial charge in [-0.15, -0.1) is 11.3 Å². The molecule has 1 aromatic carbocycles. The van der Waals surface area contributed by atoms with Crippen LogP contribution in [0.25, 0.3) is 0 Å². The fourth-order valence-corrected chi connectivity index (χ4v) is 3.78. The number of hydrogen-bond acceptors (Lipinski definition) is 2. The first-order valence-corrected chi connectivity index (χ1v) is 8.82. The van der Waals surface area contributed by atoms with Gasteiger partial charge < -0.3 is 5.32 Å². The molecule has 0 amide bonds. The largest absolute Gasteiger partial charge is 0.310 e. The fraction of sp³-hybridized carbons (Fsp3) is 0.333. The van der Waals surface area contributed by atoms with E-state index >= 15 is 0 Å². The Kier molecular flexibility index (Phi) is 6.07. The Hall–Kier alpha value is -0.160. The summed E-state index contributed by atoms with van der Waals surface area (Å²) in [6.45, 7) is 3.25. The van der Waals surface area contributed by atoms with Gasteiger partial charge in [-0.1, -0.05) is 35.0 Å². The summed E-state index contributed by atoms with van der Waals surface area (Å²) >= 11 is 8.84. The minimum Gasteiger partial charge on any atom is -0.310 e. The van der Waals surface area contributed by atoms with Gasteiger partial charge in [-0.25, -0.2) is 0 Å². The van der Waals surface area contributed by atoms with Gasteiger partial charge in [-0.2, -0.15) is 0 Å². The standard InChI is InChI=1S/C15H17Br2NS/c1-2-9-18-14(10-13-7-8-15(17)19-13)11-3-5-12(16)6-4-11/h3-8,14,18H,2,9-10H2,1H3. The molecule has 0 aliphatic heterocycles. The van der Waals surface area contributed by atoms with Crippen LogP contribution in [0.4, 0.5) is 0 Å². The second-order valence-electron chi connectivity index (χ2n) is 4.47. The molecule has 0 aliphatic carbocycles. The lowest BCUT2D eigenvalue weighted by molar-refractivity contribution is 0.532. The zero-order chi connectivity index (χ0) is 13.7. The molecule has 4 heteroatoms. The first-order valence-electron chi connectivity index (χ1n) is 6.42. The lowest BCUT2D eigenvalue weighted by Gasteiger charge is -2.18. The summed E-state index contributed by atoms with van der Waals surface area (Å²) in [5, 5.41) is 3.64. The molecule has 2 rings (SSSR count). The van der Waals surface area contributed by atoms with Crippen molar-refractivity contribution in [3.05, 3.63) is 55.1 Å². The van der Waals surface area contributed by atoms with Crippen molar-refractivity contribution in [2.24, 2.45) is 0 Å². The van der Waals surface area contributed by atoms with Gasteiger partial charge in [0.2, 0.25) is 0 Å². The zero-order valence-corrected chi connectivity index (χ0v) is 14.8. The van der Waals surface area contributed by atoms with E-state index in [9.17, 15) is 0 Å². The Morgan fingerprint density at radius 3 is 2.42 bits per heavy atom. The van der Waals surface area contributed by atoms with Crippen molar-refractivity contribution in [1.82, 2.24) is 5.32 Å². The fourth-order valence-electron chi connectivity index (χ4n) is 1.98. The molecular formula is C15H17Br2NS. The molecule has 1 nitrogen and oxygen atoms in total. The minimum atomic E-state index is 0.388. The third-order valence-electron chi connectivity index (χ3n) is 2.95. The summed E-state index contributed by atoms with van der Waals surface area (Å²) in [6.07, 6.45) is 2.19. The number of benzene rings is 1. The monoisotopic (exact) mass is 401 g/mol. The van der Waals surface area contributed by atoms with Crippen LogP contribution in [0.15, 0.2) is 44.7 Å². The van der Waals surface area contributed by atoms with Crippen molar-refractivity contribution in [2.75, 3.05) is 6.54 Å². The minimum absolute atomic E-state index is 0.388. The van der Waals surface area contributed by atoms with Crippen LogP contribution in [0, 0.1) is 0 Å². The molecule has 1 heterocycles. The lowest BCUT2D eigenvalue weighted by atomic mass is 10.0. The van der Waals surface area contributed by atoms with Gasteiger partial charge >= 0.3 is 0 Å². The highest BCUT2D eigenvalue weighted by Gasteiger charge is 2.12. The van der Waals surface area contributed by atoms with Crippen LogP contribution in [0.5, 0.6) is 0 Å². The molecule has 0 saturated carbocycles. The smallest absolute Gasteiger partial charge is 0.0701 e. The maximum absolute atomic E-state index is 3.64. The second-order valence-corrected chi connectivity index (χ2v) is 7.93. The Morgan fingerprint density at radius 1 is 1.11 bits per heavy atom. The molecule has 1 aromatic heterocycles. The van der Waals surface area contributed by atoms with Crippen molar-refractivity contribution < 1.29 is 0 Å². The third-order valence-corrected chi connectivity index (χ3v) is 5.12. The van der Waals surface area contributed by atoms with E-state index in [-0.39, 0.29) is 0 Å². The average molecular weight is 403 g/mol. The zero-order valence-electron chi connectivity index (χ0n) is 10.8. The van der Waals surface area contributed by atoms with Crippen molar-refractivity contribution >= 4 is 43.2 Å². The van der Waals surface area contributed by atoms with E-state index in [4.69, 9.17) is 0 Å². The molecule has 1 unspecified atom stereocenters. The van der Waals surface area contributed by atoms with Crippen molar-refractivity contribution in [2.45, 2.75) is 25.8 Å². The van der Waals surface area contributed by atoms with E-state index in [1.807, 2.05) is 11.3 Å². The van der Waals surface area contributed by atoms with Crippen molar-refractivity contribution in [3.8, 4) is 0 Å². The second kappa shape index (κ2) is 7.58. The molecule has 1 N–H and O–H groups in total. The number of halogens is 2. The molecule has 0 bridgehead atoms. The van der Waals surface area contributed by atoms with Crippen LogP contribution >= 0.6 is 43.2 Å². The highest BCUT2D eigenvalue weighted by molar-refractivity contribution is 9.11. The van der Waals surface area contributed by atoms with Crippen LogP contribution in [0.1, 0.15) is 29.8 Å². The van der Waals surface area contributed by atoms with Gasteiger partial charge in [-0.3, -0.25) is 0 Å². The molecule has 0 fully saturated rings. The summed E-state index contributed by atoms with van der Waals surface area (Å²) in [5.74, 6) is 0. The van der Waals surface area contributed by atoms with Crippen LogP contribution in [-0.4, -0.2) is 6.54 Å². The highest BCUT2D eigenvalue weighted by atomic mass is 79.9. The molecule has 0 aliphatic rings. The Balaban J connectivity index is 2.13. The van der Waals surface area contributed by atoms with E-state index in [1.54, 1.807) is 0 Å². The molecular weight excluding hydrogens is 386 g/mol. The quantitative estimate of drug-likeness (QED) is 0.667. The van der Waals surface area contributed by atoms with Crippen LogP contribution in [-0.2, 0) is 6.42 Å². The third kappa shape index (κ3) is 4.71. The molecule has 0 radical (unpaired) electrons. The first kappa shape index (κ1) is 15.2. The molecule has 19 heavy (non-hydrogen) atoms. The van der Waals surface area contributed by atoms with Crippen LogP contribution < -0.4 is 5.32 Å². The Morgan fingerprint density at radius 2 is 1.84 bits per heavy atom. The summed E-state index contributed by atoms with van der Waals surface area (Å²) < 4.78 is 2.33. The molecule has 1 atom stereocenters. The number of rotatable bonds is 6. The predicted octanol–water partition coefficient (Wildman–Crippen LogP) is 5.56. The Labute approximate surface area is 135 Å². The van der Waals surface area contributed by atoms with Gasteiger partial charge in [0.05, 0.1) is 3.79 Å². The average Bonchev–Trinajstić information content (AvgIpc) is 2.81. The molecule has 0 saturated heterocycles. The van der Waals surface area contributed by atoms with Crippen molar-refractivity contribution in [1.29, 1.82) is 0 Å². The van der Waals surface area contributed by atoms with E-state index < -0.39 is 0 Å². The summed E-state index contributed by atoms with van der Waals surface area (Å²) in [6, 6.07) is 13.3. The SMILES string of the molecule is CCCNC(Cc1ccc(Br)s1)c1ccc(Br)cc1.